The molecule has 0 aliphatic heterocycles. The second kappa shape index (κ2) is 8.36. The molecule has 1 N–H and O–H groups in total. The number of sulfonamides is 1. The first kappa shape index (κ1) is 20.2. The molecular weight excluding hydrogens is 418 g/mol. The maximum atomic E-state index is 12.5. The van der Waals surface area contributed by atoms with Crippen LogP contribution in [0.15, 0.2) is 84.0 Å². The van der Waals surface area contributed by atoms with Gasteiger partial charge in [0.25, 0.3) is 10.0 Å². The highest BCUT2D eigenvalue weighted by Crippen LogP contribution is 2.23. The van der Waals surface area contributed by atoms with Crippen molar-refractivity contribution in [3.8, 4) is 17.4 Å². The van der Waals surface area contributed by atoms with Crippen molar-refractivity contribution in [2.75, 3.05) is 4.72 Å². The third-order valence-corrected chi connectivity index (χ3v) is 5.66. The van der Waals surface area contributed by atoms with Crippen molar-refractivity contribution in [2.24, 2.45) is 0 Å². The summed E-state index contributed by atoms with van der Waals surface area (Å²) < 4.78 is 34.8. The van der Waals surface area contributed by atoms with Crippen LogP contribution in [-0.2, 0) is 10.0 Å². The van der Waals surface area contributed by atoms with E-state index in [0.717, 1.165) is 0 Å². The van der Waals surface area contributed by atoms with Crippen molar-refractivity contribution in [1.82, 2.24) is 20.0 Å². The van der Waals surface area contributed by atoms with E-state index in [9.17, 15) is 13.2 Å². The molecule has 0 spiro atoms. The predicted octanol–water partition coefficient (Wildman–Crippen LogP) is 3.46. The molecule has 0 saturated carbocycles. The van der Waals surface area contributed by atoms with Gasteiger partial charge in [0.05, 0.1) is 4.90 Å². The number of benzene rings is 2. The fourth-order valence-corrected chi connectivity index (χ4v) is 3.75. The molecule has 0 bridgehead atoms. The maximum absolute atomic E-state index is 12.5. The average molecular weight is 435 g/mol. The number of ether oxygens (including phenoxy) is 1. The van der Waals surface area contributed by atoms with Crippen molar-refractivity contribution in [3.63, 3.8) is 0 Å². The minimum absolute atomic E-state index is 0.0605. The Bertz CT molecular complexity index is 1290. The Morgan fingerprint density at radius 1 is 0.968 bits per heavy atom. The first-order chi connectivity index (χ1) is 14.9. The minimum atomic E-state index is -3.79. The van der Waals surface area contributed by atoms with Crippen LogP contribution in [0.2, 0.25) is 0 Å². The molecule has 0 unspecified atom stereocenters. The smallest absolute Gasteiger partial charge is 0.261 e. The standard InChI is InChI=1S/C21H17N5O4S/c1-15(27)16-3-9-19(10-4-16)31(28,29)25-17-5-7-18(8-6-17)30-21-12-11-20(23-24-21)26-14-2-13-22-26/h2-14,25H,1H3. The van der Waals surface area contributed by atoms with Gasteiger partial charge in [-0.25, -0.2) is 13.1 Å². The highest BCUT2D eigenvalue weighted by Gasteiger charge is 2.15. The van der Waals surface area contributed by atoms with E-state index >= 15 is 0 Å². The number of ketones is 1. The summed E-state index contributed by atoms with van der Waals surface area (Å²) >= 11 is 0. The minimum Gasteiger partial charge on any atom is -0.438 e. The Morgan fingerprint density at radius 2 is 1.71 bits per heavy atom. The zero-order valence-corrected chi connectivity index (χ0v) is 17.2. The van der Waals surface area contributed by atoms with Crippen LogP contribution in [0.1, 0.15) is 17.3 Å². The van der Waals surface area contributed by atoms with Crippen LogP contribution in [0, 0.1) is 0 Å². The number of nitrogens with one attached hydrogen (secondary N) is 1. The number of hydrogen-bond donors (Lipinski definition) is 1. The van der Waals surface area contributed by atoms with Crippen LogP contribution in [0.25, 0.3) is 5.82 Å². The summed E-state index contributed by atoms with van der Waals surface area (Å²) in [5, 5.41) is 12.1. The van der Waals surface area contributed by atoms with Gasteiger partial charge in [-0.15, -0.1) is 10.2 Å². The summed E-state index contributed by atoms with van der Waals surface area (Å²) in [6.07, 6.45) is 3.39. The summed E-state index contributed by atoms with van der Waals surface area (Å²) in [7, 11) is -3.79. The number of anilines is 1. The summed E-state index contributed by atoms with van der Waals surface area (Å²) in [5.41, 5.74) is 0.810. The molecule has 0 amide bonds. The van der Waals surface area contributed by atoms with Crippen molar-refractivity contribution in [1.29, 1.82) is 0 Å². The van der Waals surface area contributed by atoms with Gasteiger partial charge in [0.1, 0.15) is 5.75 Å². The zero-order chi connectivity index (χ0) is 21.8. The van der Waals surface area contributed by atoms with Crippen molar-refractivity contribution >= 4 is 21.5 Å². The Labute approximate surface area is 178 Å². The number of carbonyl (C=O) groups is 1. The molecule has 0 radical (unpaired) electrons. The lowest BCUT2D eigenvalue weighted by molar-refractivity contribution is 0.101. The van der Waals surface area contributed by atoms with E-state index in [1.165, 1.54) is 31.2 Å². The lowest BCUT2D eigenvalue weighted by Crippen LogP contribution is -2.13. The monoisotopic (exact) mass is 435 g/mol. The van der Waals surface area contributed by atoms with Gasteiger partial charge >= 0.3 is 0 Å². The van der Waals surface area contributed by atoms with Crippen LogP contribution < -0.4 is 9.46 Å². The van der Waals surface area contributed by atoms with Gasteiger partial charge in [0, 0.05) is 29.7 Å². The summed E-state index contributed by atoms with van der Waals surface area (Å²) in [5.74, 6) is 1.18. The molecule has 0 atom stereocenters. The molecule has 2 aromatic carbocycles. The lowest BCUT2D eigenvalue weighted by Gasteiger charge is -2.10. The summed E-state index contributed by atoms with van der Waals surface area (Å²) in [6.45, 7) is 1.42. The lowest BCUT2D eigenvalue weighted by atomic mass is 10.2. The first-order valence-electron chi connectivity index (χ1n) is 9.16. The molecule has 10 heteroatoms. The van der Waals surface area contributed by atoms with Crippen molar-refractivity contribution < 1.29 is 17.9 Å². The van der Waals surface area contributed by atoms with Crippen molar-refractivity contribution in [2.45, 2.75) is 11.8 Å². The topological polar surface area (TPSA) is 116 Å². The Kier molecular flexibility index (Phi) is 5.46. The van der Waals surface area contributed by atoms with Crippen molar-refractivity contribution in [3.05, 3.63) is 84.7 Å². The SMILES string of the molecule is CC(=O)c1ccc(S(=O)(=O)Nc2ccc(Oc3ccc(-n4cccn4)nn3)cc2)cc1. The fraction of sp³-hybridized carbons (Fsp3) is 0.0476. The Morgan fingerprint density at radius 3 is 2.29 bits per heavy atom. The third-order valence-electron chi connectivity index (χ3n) is 4.27. The normalized spacial score (nSPS) is 11.1. The molecule has 0 aliphatic rings. The third kappa shape index (κ3) is 4.75. The van der Waals surface area contributed by atoms with E-state index in [0.29, 0.717) is 22.8 Å². The van der Waals surface area contributed by atoms with Gasteiger partial charge in [-0.1, -0.05) is 12.1 Å². The second-order valence-corrected chi connectivity index (χ2v) is 8.18. The van der Waals surface area contributed by atoms with E-state index < -0.39 is 10.0 Å². The largest absolute Gasteiger partial charge is 0.438 e. The number of hydrogen-bond acceptors (Lipinski definition) is 7. The summed E-state index contributed by atoms with van der Waals surface area (Å²) in [6, 6.07) is 17.3. The van der Waals surface area contributed by atoms with Gasteiger partial charge in [0.2, 0.25) is 5.88 Å². The molecule has 4 rings (SSSR count). The van der Waals surface area contributed by atoms with E-state index in [1.54, 1.807) is 59.5 Å². The molecule has 31 heavy (non-hydrogen) atoms. The van der Waals surface area contributed by atoms with E-state index in [1.807, 2.05) is 0 Å². The number of Topliss-reactive ketones (excluding diaryl/α,β-unsaturated/α-hetero) is 1. The average Bonchev–Trinajstić information content (AvgIpc) is 3.30. The maximum Gasteiger partial charge on any atom is 0.261 e. The molecule has 9 nitrogen and oxygen atoms in total. The molecule has 0 fully saturated rings. The van der Waals surface area contributed by atoms with Crippen LogP contribution >= 0.6 is 0 Å². The molecule has 4 aromatic rings. The van der Waals surface area contributed by atoms with Gasteiger partial charge < -0.3 is 4.74 Å². The molecule has 156 valence electrons. The van der Waals surface area contributed by atoms with Gasteiger partial charge in [-0.2, -0.15) is 5.10 Å². The Hall–Kier alpha value is -4.05. The molecule has 0 saturated heterocycles. The van der Waals surface area contributed by atoms with E-state index in [4.69, 9.17) is 4.74 Å². The van der Waals surface area contributed by atoms with E-state index in [2.05, 4.69) is 20.0 Å². The predicted molar refractivity (Wildman–Crippen MR) is 113 cm³/mol. The first-order valence-corrected chi connectivity index (χ1v) is 10.6. The van der Waals surface area contributed by atoms with Gasteiger partial charge in [-0.3, -0.25) is 9.52 Å². The molecule has 0 aliphatic carbocycles. The number of nitrogens with zero attached hydrogens (tertiary/aromatic N) is 4. The van der Waals surface area contributed by atoms with E-state index in [-0.39, 0.29) is 16.6 Å². The van der Waals surface area contributed by atoms with Crippen LogP contribution in [0.3, 0.4) is 0 Å². The number of carbonyl (C=O) groups excluding carboxylic acids is 1. The molecular formula is C21H17N5O4S. The highest BCUT2D eigenvalue weighted by atomic mass is 32.2. The molecule has 2 aromatic heterocycles. The quantitative estimate of drug-likeness (QED) is 0.442. The van der Waals surface area contributed by atoms with Crippen LogP contribution in [-0.4, -0.2) is 34.2 Å². The zero-order valence-electron chi connectivity index (χ0n) is 16.3. The number of rotatable bonds is 7. The van der Waals surface area contributed by atoms with Gasteiger partial charge in [0.15, 0.2) is 11.6 Å². The second-order valence-electron chi connectivity index (χ2n) is 6.49. The van der Waals surface area contributed by atoms with Crippen LogP contribution in [0.5, 0.6) is 11.6 Å². The summed E-state index contributed by atoms with van der Waals surface area (Å²) in [4.78, 5) is 11.4. The molecule has 2 heterocycles. The fourth-order valence-electron chi connectivity index (χ4n) is 2.69. The van der Waals surface area contributed by atoms with Gasteiger partial charge in [-0.05, 0) is 55.5 Å². The Balaban J connectivity index is 1.42. The highest BCUT2D eigenvalue weighted by molar-refractivity contribution is 7.92. The van der Waals surface area contributed by atoms with Crippen LogP contribution in [0.4, 0.5) is 5.69 Å². The number of aromatic nitrogens is 4.